The van der Waals surface area contributed by atoms with Crippen LogP contribution in [0.3, 0.4) is 0 Å². The molecule has 4 heteroatoms. The lowest BCUT2D eigenvalue weighted by Gasteiger charge is -2.08. The van der Waals surface area contributed by atoms with Gasteiger partial charge in [0.15, 0.2) is 5.78 Å². The van der Waals surface area contributed by atoms with Crippen molar-refractivity contribution >= 4 is 5.78 Å². The highest BCUT2D eigenvalue weighted by Gasteiger charge is 2.08. The molecule has 0 saturated heterocycles. The predicted molar refractivity (Wildman–Crippen MR) is 68.8 cm³/mol. The fourth-order valence-electron chi connectivity index (χ4n) is 1.68. The number of halogens is 1. The van der Waals surface area contributed by atoms with Gasteiger partial charge in [0.1, 0.15) is 23.9 Å². The maximum Gasteiger partial charge on any atom is 0.162 e. The molecule has 0 aliphatic heterocycles. The summed E-state index contributed by atoms with van der Waals surface area (Å²) in [5.74, 6) is -0.428. The van der Waals surface area contributed by atoms with Crippen LogP contribution in [-0.2, 0) is 6.61 Å². The summed E-state index contributed by atoms with van der Waals surface area (Å²) in [6.45, 7) is 1.53. The van der Waals surface area contributed by atoms with Crippen molar-refractivity contribution in [3.05, 3.63) is 59.4 Å². The molecule has 0 aliphatic carbocycles. The maximum atomic E-state index is 13.5. The standard InChI is InChI=1S/C15H13FO3/c1-10(17)14-6-5-13(8-15(14)16)19-9-11-3-2-4-12(18)7-11/h2-8,18H,9H2,1H3. The highest BCUT2D eigenvalue weighted by atomic mass is 19.1. The Hall–Kier alpha value is -2.36. The van der Waals surface area contributed by atoms with Crippen molar-refractivity contribution in [2.75, 3.05) is 0 Å². The first kappa shape index (κ1) is 13.1. The Morgan fingerprint density at radius 1 is 1.26 bits per heavy atom. The Kier molecular flexibility index (Phi) is 3.80. The van der Waals surface area contributed by atoms with Gasteiger partial charge in [0.2, 0.25) is 0 Å². The molecule has 0 unspecified atom stereocenters. The predicted octanol–water partition coefficient (Wildman–Crippen LogP) is 3.31. The van der Waals surface area contributed by atoms with E-state index in [2.05, 4.69) is 0 Å². The molecular formula is C15H13FO3. The van der Waals surface area contributed by atoms with Gasteiger partial charge in [-0.15, -0.1) is 0 Å². The van der Waals surface area contributed by atoms with Crippen LogP contribution >= 0.6 is 0 Å². The van der Waals surface area contributed by atoms with E-state index in [9.17, 15) is 14.3 Å². The summed E-state index contributed by atoms with van der Waals surface area (Å²) >= 11 is 0. The number of aromatic hydroxyl groups is 1. The van der Waals surface area contributed by atoms with Gasteiger partial charge in [-0.3, -0.25) is 4.79 Å². The van der Waals surface area contributed by atoms with Crippen LogP contribution in [0.5, 0.6) is 11.5 Å². The Morgan fingerprint density at radius 3 is 2.68 bits per heavy atom. The summed E-state index contributed by atoms with van der Waals surface area (Å²) in [4.78, 5) is 11.1. The Labute approximate surface area is 110 Å². The summed E-state index contributed by atoms with van der Waals surface area (Å²) < 4.78 is 19.0. The zero-order chi connectivity index (χ0) is 13.8. The van der Waals surface area contributed by atoms with Crippen molar-refractivity contribution < 1.29 is 19.0 Å². The highest BCUT2D eigenvalue weighted by molar-refractivity contribution is 5.94. The largest absolute Gasteiger partial charge is 0.508 e. The quantitative estimate of drug-likeness (QED) is 0.858. The molecule has 0 bridgehead atoms. The number of ketones is 1. The molecule has 0 aliphatic rings. The monoisotopic (exact) mass is 260 g/mol. The molecule has 3 nitrogen and oxygen atoms in total. The van der Waals surface area contributed by atoms with Gasteiger partial charge in [0, 0.05) is 6.07 Å². The second-order valence-electron chi connectivity index (χ2n) is 4.16. The van der Waals surface area contributed by atoms with Crippen molar-refractivity contribution in [1.29, 1.82) is 0 Å². The molecule has 2 aromatic rings. The van der Waals surface area contributed by atoms with Crippen LogP contribution in [0.15, 0.2) is 42.5 Å². The normalized spacial score (nSPS) is 10.2. The zero-order valence-electron chi connectivity index (χ0n) is 10.4. The Bertz CT molecular complexity index is 608. The van der Waals surface area contributed by atoms with Crippen LogP contribution in [-0.4, -0.2) is 10.9 Å². The minimum absolute atomic E-state index is 0.0460. The lowest BCUT2D eigenvalue weighted by molar-refractivity contribution is 0.101. The van der Waals surface area contributed by atoms with E-state index in [0.717, 1.165) is 5.56 Å². The van der Waals surface area contributed by atoms with E-state index in [1.165, 1.54) is 19.1 Å². The molecule has 0 atom stereocenters. The number of phenolic OH excluding ortho intramolecular Hbond substituents is 1. The fraction of sp³-hybridized carbons (Fsp3) is 0.133. The van der Waals surface area contributed by atoms with Crippen LogP contribution in [0.2, 0.25) is 0 Å². The molecule has 0 saturated carbocycles. The summed E-state index contributed by atoms with van der Waals surface area (Å²) in [5, 5.41) is 9.30. The zero-order valence-corrected chi connectivity index (χ0v) is 10.4. The maximum absolute atomic E-state index is 13.5. The minimum Gasteiger partial charge on any atom is -0.508 e. The lowest BCUT2D eigenvalue weighted by atomic mass is 10.1. The first-order valence-electron chi connectivity index (χ1n) is 5.77. The van der Waals surface area contributed by atoms with Crippen molar-refractivity contribution in [2.24, 2.45) is 0 Å². The van der Waals surface area contributed by atoms with Crippen LogP contribution in [0.4, 0.5) is 4.39 Å². The summed E-state index contributed by atoms with van der Waals surface area (Å²) in [6.07, 6.45) is 0. The van der Waals surface area contributed by atoms with E-state index in [1.807, 2.05) is 0 Å². The topological polar surface area (TPSA) is 46.5 Å². The van der Waals surface area contributed by atoms with Gasteiger partial charge in [0.25, 0.3) is 0 Å². The molecule has 98 valence electrons. The van der Waals surface area contributed by atoms with Crippen LogP contribution in [0.25, 0.3) is 0 Å². The third-order valence-corrected chi connectivity index (χ3v) is 2.64. The van der Waals surface area contributed by atoms with Gasteiger partial charge < -0.3 is 9.84 Å². The number of carbonyl (C=O) groups is 1. The van der Waals surface area contributed by atoms with Crippen molar-refractivity contribution in [3.63, 3.8) is 0 Å². The van der Waals surface area contributed by atoms with E-state index in [4.69, 9.17) is 4.74 Å². The number of hydrogen-bond acceptors (Lipinski definition) is 3. The number of phenols is 1. The van der Waals surface area contributed by atoms with Gasteiger partial charge >= 0.3 is 0 Å². The van der Waals surface area contributed by atoms with E-state index in [0.29, 0.717) is 5.75 Å². The number of hydrogen-bond donors (Lipinski definition) is 1. The molecule has 0 aromatic heterocycles. The van der Waals surface area contributed by atoms with Crippen LogP contribution in [0.1, 0.15) is 22.8 Å². The van der Waals surface area contributed by atoms with Gasteiger partial charge in [-0.2, -0.15) is 0 Å². The molecule has 0 heterocycles. The first-order valence-corrected chi connectivity index (χ1v) is 5.77. The summed E-state index contributed by atoms with van der Waals surface area (Å²) in [5.41, 5.74) is 0.820. The molecule has 19 heavy (non-hydrogen) atoms. The Morgan fingerprint density at radius 2 is 2.05 bits per heavy atom. The van der Waals surface area contributed by atoms with Crippen molar-refractivity contribution in [2.45, 2.75) is 13.5 Å². The lowest BCUT2D eigenvalue weighted by Crippen LogP contribution is -1.99. The highest BCUT2D eigenvalue weighted by Crippen LogP contribution is 2.19. The van der Waals surface area contributed by atoms with Gasteiger partial charge in [-0.25, -0.2) is 4.39 Å². The smallest absolute Gasteiger partial charge is 0.162 e. The number of benzene rings is 2. The van der Waals surface area contributed by atoms with E-state index in [-0.39, 0.29) is 23.7 Å². The van der Waals surface area contributed by atoms with Crippen molar-refractivity contribution in [1.82, 2.24) is 0 Å². The summed E-state index contributed by atoms with van der Waals surface area (Å²) in [6, 6.07) is 10.7. The minimum atomic E-state index is -0.596. The van der Waals surface area contributed by atoms with Crippen LogP contribution < -0.4 is 4.74 Å². The molecule has 0 fully saturated rings. The Balaban J connectivity index is 2.08. The molecule has 0 spiro atoms. The van der Waals surface area contributed by atoms with E-state index < -0.39 is 5.82 Å². The molecule has 2 aromatic carbocycles. The van der Waals surface area contributed by atoms with E-state index >= 15 is 0 Å². The fourth-order valence-corrected chi connectivity index (χ4v) is 1.68. The molecule has 0 amide bonds. The second-order valence-corrected chi connectivity index (χ2v) is 4.16. The third kappa shape index (κ3) is 3.31. The number of carbonyl (C=O) groups excluding carboxylic acids is 1. The molecule has 2 rings (SSSR count). The average molecular weight is 260 g/mol. The first-order chi connectivity index (χ1) is 9.06. The van der Waals surface area contributed by atoms with Gasteiger partial charge in [0.05, 0.1) is 5.56 Å². The number of Topliss-reactive ketones (excluding diaryl/α,β-unsaturated/α-hetero) is 1. The second kappa shape index (κ2) is 5.52. The van der Waals surface area contributed by atoms with Gasteiger partial charge in [-0.05, 0) is 36.8 Å². The molecule has 1 N–H and O–H groups in total. The van der Waals surface area contributed by atoms with Crippen LogP contribution in [0, 0.1) is 5.82 Å². The molecule has 0 radical (unpaired) electrons. The number of ether oxygens (including phenoxy) is 1. The number of rotatable bonds is 4. The van der Waals surface area contributed by atoms with E-state index in [1.54, 1.807) is 30.3 Å². The van der Waals surface area contributed by atoms with Crippen molar-refractivity contribution in [3.8, 4) is 11.5 Å². The molecular weight excluding hydrogens is 247 g/mol. The average Bonchev–Trinajstić information content (AvgIpc) is 2.36. The van der Waals surface area contributed by atoms with Gasteiger partial charge in [-0.1, -0.05) is 12.1 Å². The summed E-state index contributed by atoms with van der Waals surface area (Å²) in [7, 11) is 0. The third-order valence-electron chi connectivity index (χ3n) is 2.64. The SMILES string of the molecule is CC(=O)c1ccc(OCc2cccc(O)c2)cc1F.